The van der Waals surface area contributed by atoms with E-state index in [9.17, 15) is 4.79 Å². The molecular formula is C11H20N2O. The van der Waals surface area contributed by atoms with Gasteiger partial charge in [0.15, 0.2) is 0 Å². The van der Waals surface area contributed by atoms with Crippen LogP contribution in [0.2, 0.25) is 0 Å². The van der Waals surface area contributed by atoms with Crippen molar-refractivity contribution in [3.8, 4) is 0 Å². The molecule has 0 N–H and O–H groups in total. The largest absolute Gasteiger partial charge is 0.304 e. The first-order valence-electron chi connectivity index (χ1n) is 5.55. The minimum absolute atomic E-state index is 0.329. The van der Waals surface area contributed by atoms with Gasteiger partial charge < -0.3 is 4.90 Å². The molecule has 2 aliphatic rings. The van der Waals surface area contributed by atoms with Crippen LogP contribution >= 0.6 is 0 Å². The monoisotopic (exact) mass is 196 g/mol. The Morgan fingerprint density at radius 2 is 1.86 bits per heavy atom. The first-order valence-corrected chi connectivity index (χ1v) is 5.55. The summed E-state index contributed by atoms with van der Waals surface area (Å²) in [4.78, 5) is 16.1. The molecule has 0 bridgehead atoms. The van der Waals surface area contributed by atoms with Crippen LogP contribution in [-0.4, -0.2) is 54.3 Å². The standard InChI is InChI=1S/C11H20N2O/c1-11(5-8-12(2)9-11)13-6-3-10(14)4-7-13/h3-9H2,1-2H3. The highest BCUT2D eigenvalue weighted by Crippen LogP contribution is 2.28. The predicted molar refractivity (Wildman–Crippen MR) is 56.3 cm³/mol. The molecule has 0 radical (unpaired) electrons. The van der Waals surface area contributed by atoms with Crippen molar-refractivity contribution < 1.29 is 4.79 Å². The summed E-state index contributed by atoms with van der Waals surface area (Å²) >= 11 is 0. The molecule has 3 nitrogen and oxygen atoms in total. The summed E-state index contributed by atoms with van der Waals surface area (Å²) in [7, 11) is 2.18. The third-order valence-electron chi connectivity index (χ3n) is 3.73. The smallest absolute Gasteiger partial charge is 0.135 e. The van der Waals surface area contributed by atoms with Crippen molar-refractivity contribution in [2.75, 3.05) is 33.2 Å². The van der Waals surface area contributed by atoms with Gasteiger partial charge in [-0.05, 0) is 26.9 Å². The van der Waals surface area contributed by atoms with E-state index in [-0.39, 0.29) is 0 Å². The molecule has 0 aromatic heterocycles. The Kier molecular flexibility index (Phi) is 2.62. The first-order chi connectivity index (χ1) is 6.60. The Morgan fingerprint density at radius 1 is 1.21 bits per heavy atom. The molecule has 2 aliphatic heterocycles. The molecule has 1 atom stereocenters. The molecule has 14 heavy (non-hydrogen) atoms. The molecule has 0 aliphatic carbocycles. The first kappa shape index (κ1) is 10.1. The van der Waals surface area contributed by atoms with Crippen molar-refractivity contribution in [2.24, 2.45) is 0 Å². The van der Waals surface area contributed by atoms with Crippen LogP contribution in [0.1, 0.15) is 26.2 Å². The second kappa shape index (κ2) is 3.63. The van der Waals surface area contributed by atoms with Gasteiger partial charge in [-0.25, -0.2) is 0 Å². The molecule has 0 aromatic carbocycles. The Balaban J connectivity index is 1.97. The maximum Gasteiger partial charge on any atom is 0.135 e. The lowest BCUT2D eigenvalue weighted by Crippen LogP contribution is -2.51. The summed E-state index contributed by atoms with van der Waals surface area (Å²) in [5, 5.41) is 0. The molecular weight excluding hydrogens is 176 g/mol. The quantitative estimate of drug-likeness (QED) is 0.618. The summed E-state index contributed by atoms with van der Waals surface area (Å²) in [5.74, 6) is 0.441. The van der Waals surface area contributed by atoms with Crippen molar-refractivity contribution in [3.05, 3.63) is 0 Å². The normalized spacial score (nSPS) is 36.6. The third kappa shape index (κ3) is 1.84. The molecule has 2 heterocycles. The fraction of sp³-hybridized carbons (Fsp3) is 0.909. The van der Waals surface area contributed by atoms with E-state index < -0.39 is 0 Å². The second-order valence-electron chi connectivity index (χ2n) is 5.01. The highest BCUT2D eigenvalue weighted by molar-refractivity contribution is 5.79. The molecule has 2 saturated heterocycles. The topological polar surface area (TPSA) is 23.6 Å². The van der Waals surface area contributed by atoms with Crippen molar-refractivity contribution >= 4 is 5.78 Å². The van der Waals surface area contributed by atoms with E-state index in [0.29, 0.717) is 11.3 Å². The Bertz CT molecular complexity index is 231. The van der Waals surface area contributed by atoms with Crippen LogP contribution in [-0.2, 0) is 4.79 Å². The highest BCUT2D eigenvalue weighted by atomic mass is 16.1. The molecule has 3 heteroatoms. The number of hydrogen-bond donors (Lipinski definition) is 0. The minimum atomic E-state index is 0.329. The van der Waals surface area contributed by atoms with E-state index in [0.717, 1.165) is 32.5 Å². The van der Waals surface area contributed by atoms with Gasteiger partial charge in [0, 0.05) is 38.0 Å². The van der Waals surface area contributed by atoms with Gasteiger partial charge in [-0.15, -0.1) is 0 Å². The Hall–Kier alpha value is -0.410. The fourth-order valence-corrected chi connectivity index (χ4v) is 2.73. The molecule has 1 unspecified atom stereocenters. The number of ketones is 1. The predicted octanol–water partition coefficient (Wildman–Crippen LogP) is 0.746. The number of likely N-dealkylation sites (tertiary alicyclic amines) is 2. The van der Waals surface area contributed by atoms with Crippen molar-refractivity contribution in [1.29, 1.82) is 0 Å². The molecule has 80 valence electrons. The number of carbonyl (C=O) groups excluding carboxylic acids is 1. The van der Waals surface area contributed by atoms with Gasteiger partial charge in [0.05, 0.1) is 0 Å². The SMILES string of the molecule is CN1CCC(C)(N2CCC(=O)CC2)C1. The maximum absolute atomic E-state index is 11.2. The Morgan fingerprint density at radius 3 is 2.36 bits per heavy atom. The average molecular weight is 196 g/mol. The molecule has 0 saturated carbocycles. The summed E-state index contributed by atoms with van der Waals surface area (Å²) in [6.45, 7) is 6.64. The lowest BCUT2D eigenvalue weighted by Gasteiger charge is -2.40. The zero-order valence-electron chi connectivity index (χ0n) is 9.25. The van der Waals surface area contributed by atoms with Crippen LogP contribution in [0.25, 0.3) is 0 Å². The Labute approximate surface area is 86.1 Å². The third-order valence-corrected chi connectivity index (χ3v) is 3.73. The number of piperidine rings is 1. The van der Waals surface area contributed by atoms with Crippen LogP contribution in [0.5, 0.6) is 0 Å². The zero-order valence-corrected chi connectivity index (χ0v) is 9.25. The summed E-state index contributed by atoms with van der Waals surface area (Å²) in [5.41, 5.74) is 0.329. The fourth-order valence-electron chi connectivity index (χ4n) is 2.73. The van der Waals surface area contributed by atoms with E-state index >= 15 is 0 Å². The number of Topliss-reactive ketones (excluding diaryl/α,β-unsaturated/α-hetero) is 1. The number of likely N-dealkylation sites (N-methyl/N-ethyl adjacent to an activating group) is 1. The van der Waals surface area contributed by atoms with Crippen LogP contribution in [0.15, 0.2) is 0 Å². The zero-order chi connectivity index (χ0) is 10.2. The second-order valence-corrected chi connectivity index (χ2v) is 5.01. The van der Waals surface area contributed by atoms with Crippen molar-refractivity contribution in [3.63, 3.8) is 0 Å². The van der Waals surface area contributed by atoms with E-state index in [2.05, 4.69) is 23.8 Å². The van der Waals surface area contributed by atoms with E-state index in [1.807, 2.05) is 0 Å². The lowest BCUT2D eigenvalue weighted by molar-refractivity contribution is -0.122. The number of carbonyl (C=O) groups is 1. The van der Waals surface area contributed by atoms with E-state index in [4.69, 9.17) is 0 Å². The number of rotatable bonds is 1. The lowest BCUT2D eigenvalue weighted by atomic mass is 9.95. The summed E-state index contributed by atoms with van der Waals surface area (Å²) in [6, 6.07) is 0. The molecule has 2 rings (SSSR count). The highest BCUT2D eigenvalue weighted by Gasteiger charge is 2.38. The van der Waals surface area contributed by atoms with Crippen LogP contribution in [0, 0.1) is 0 Å². The van der Waals surface area contributed by atoms with Gasteiger partial charge in [0.25, 0.3) is 0 Å². The summed E-state index contributed by atoms with van der Waals surface area (Å²) in [6.07, 6.45) is 2.77. The molecule has 0 aromatic rings. The minimum Gasteiger partial charge on any atom is -0.304 e. The maximum atomic E-state index is 11.2. The van der Waals surface area contributed by atoms with E-state index in [1.165, 1.54) is 13.0 Å². The molecule has 0 amide bonds. The van der Waals surface area contributed by atoms with Gasteiger partial charge in [-0.2, -0.15) is 0 Å². The number of nitrogens with zero attached hydrogens (tertiary/aromatic N) is 2. The van der Waals surface area contributed by atoms with Crippen molar-refractivity contribution in [2.45, 2.75) is 31.7 Å². The molecule has 2 fully saturated rings. The van der Waals surface area contributed by atoms with Gasteiger partial charge in [-0.1, -0.05) is 0 Å². The molecule has 0 spiro atoms. The van der Waals surface area contributed by atoms with Gasteiger partial charge >= 0.3 is 0 Å². The van der Waals surface area contributed by atoms with Crippen LogP contribution in [0.3, 0.4) is 0 Å². The van der Waals surface area contributed by atoms with Gasteiger partial charge in [0.1, 0.15) is 5.78 Å². The average Bonchev–Trinajstić information content (AvgIpc) is 2.48. The van der Waals surface area contributed by atoms with Gasteiger partial charge in [0.2, 0.25) is 0 Å². The van der Waals surface area contributed by atoms with Crippen LogP contribution < -0.4 is 0 Å². The summed E-state index contributed by atoms with van der Waals surface area (Å²) < 4.78 is 0. The van der Waals surface area contributed by atoms with Gasteiger partial charge in [-0.3, -0.25) is 9.69 Å². The number of hydrogen-bond acceptors (Lipinski definition) is 3. The van der Waals surface area contributed by atoms with E-state index in [1.54, 1.807) is 0 Å². The van der Waals surface area contributed by atoms with Crippen molar-refractivity contribution in [1.82, 2.24) is 9.80 Å². The van der Waals surface area contributed by atoms with Crippen LogP contribution in [0.4, 0.5) is 0 Å².